The molecule has 5 rings (SSSR count). The van der Waals surface area contributed by atoms with Crippen LogP contribution in [0.5, 0.6) is 5.75 Å². The van der Waals surface area contributed by atoms with Crippen LogP contribution < -0.4 is 16.0 Å². The number of ether oxygens (including phenoxy) is 1. The van der Waals surface area contributed by atoms with E-state index in [0.717, 1.165) is 22.4 Å². The van der Waals surface area contributed by atoms with Crippen LogP contribution in [0, 0.1) is 6.92 Å². The molecule has 1 N–H and O–H groups in total. The van der Waals surface area contributed by atoms with Gasteiger partial charge in [0.25, 0.3) is 5.56 Å². The molecule has 0 aliphatic rings. The van der Waals surface area contributed by atoms with Gasteiger partial charge in [-0.25, -0.2) is 9.20 Å². The van der Waals surface area contributed by atoms with Gasteiger partial charge in [-0.1, -0.05) is 29.8 Å². The largest absolute Gasteiger partial charge is 0.497 e. The van der Waals surface area contributed by atoms with Crippen LogP contribution in [0.25, 0.3) is 28.3 Å². The first-order valence-corrected chi connectivity index (χ1v) is 9.74. The molecule has 0 spiro atoms. The second kappa shape index (κ2) is 6.98. The molecule has 0 aliphatic carbocycles. The summed E-state index contributed by atoms with van der Waals surface area (Å²) in [7, 11) is 3.22. The van der Waals surface area contributed by atoms with Crippen molar-refractivity contribution in [2.45, 2.75) is 13.5 Å². The van der Waals surface area contributed by atoms with Crippen molar-refractivity contribution < 1.29 is 4.74 Å². The molecular formula is C22H20N6O3. The number of benzene rings is 2. The normalized spacial score (nSPS) is 11.5. The summed E-state index contributed by atoms with van der Waals surface area (Å²) in [5.74, 6) is 1.73. The molecule has 0 bridgehead atoms. The number of nitrogens with zero attached hydrogens (tertiary/aromatic N) is 5. The Morgan fingerprint density at radius 2 is 1.71 bits per heavy atom. The van der Waals surface area contributed by atoms with Crippen LogP contribution in [-0.2, 0) is 13.6 Å². The molecule has 9 nitrogen and oxygen atoms in total. The Hall–Kier alpha value is -4.14. The highest BCUT2D eigenvalue weighted by Gasteiger charge is 2.23. The van der Waals surface area contributed by atoms with Crippen molar-refractivity contribution in [3.05, 3.63) is 80.5 Å². The maximum absolute atomic E-state index is 12.8. The van der Waals surface area contributed by atoms with Gasteiger partial charge in [0.05, 0.1) is 13.7 Å². The van der Waals surface area contributed by atoms with E-state index in [1.54, 1.807) is 23.1 Å². The zero-order chi connectivity index (χ0) is 21.7. The van der Waals surface area contributed by atoms with Gasteiger partial charge in [0.15, 0.2) is 17.0 Å². The first-order valence-electron chi connectivity index (χ1n) is 9.74. The Bertz CT molecular complexity index is 1540. The molecule has 0 fully saturated rings. The van der Waals surface area contributed by atoms with Crippen LogP contribution in [0.2, 0.25) is 0 Å². The molecular weight excluding hydrogens is 396 g/mol. The quantitative estimate of drug-likeness (QED) is 0.484. The molecule has 2 aromatic carbocycles. The summed E-state index contributed by atoms with van der Waals surface area (Å²) < 4.78 is 10.2. The smallest absolute Gasteiger partial charge is 0.329 e. The summed E-state index contributed by atoms with van der Waals surface area (Å²) in [6, 6.07) is 15.4. The van der Waals surface area contributed by atoms with Crippen molar-refractivity contribution in [1.29, 1.82) is 0 Å². The number of imidazole rings is 1. The van der Waals surface area contributed by atoms with E-state index in [9.17, 15) is 9.59 Å². The fourth-order valence-corrected chi connectivity index (χ4v) is 3.79. The van der Waals surface area contributed by atoms with Gasteiger partial charge in [0, 0.05) is 12.6 Å². The topological polar surface area (TPSA) is 99.2 Å². The second-order valence-corrected chi connectivity index (χ2v) is 7.45. The Morgan fingerprint density at radius 3 is 2.39 bits per heavy atom. The van der Waals surface area contributed by atoms with E-state index < -0.39 is 11.2 Å². The number of hydrogen-bond donors (Lipinski definition) is 1. The molecule has 3 aromatic heterocycles. The van der Waals surface area contributed by atoms with Crippen LogP contribution in [-0.4, -0.2) is 35.8 Å². The zero-order valence-electron chi connectivity index (χ0n) is 17.3. The molecule has 9 heteroatoms. The maximum Gasteiger partial charge on any atom is 0.329 e. The van der Waals surface area contributed by atoms with Gasteiger partial charge in [-0.3, -0.25) is 18.9 Å². The summed E-state index contributed by atoms with van der Waals surface area (Å²) in [4.78, 5) is 27.6. The van der Waals surface area contributed by atoms with E-state index in [1.165, 1.54) is 4.57 Å². The lowest BCUT2D eigenvalue weighted by Gasteiger charge is -2.06. The van der Waals surface area contributed by atoms with Crippen molar-refractivity contribution in [3.63, 3.8) is 0 Å². The van der Waals surface area contributed by atoms with Gasteiger partial charge in [0.1, 0.15) is 5.75 Å². The second-order valence-electron chi connectivity index (χ2n) is 7.45. The third-order valence-electron chi connectivity index (χ3n) is 5.45. The van der Waals surface area contributed by atoms with Crippen molar-refractivity contribution in [2.24, 2.45) is 7.05 Å². The number of rotatable bonds is 4. The van der Waals surface area contributed by atoms with Crippen molar-refractivity contribution in [3.8, 4) is 17.1 Å². The minimum absolute atomic E-state index is 0.363. The summed E-state index contributed by atoms with van der Waals surface area (Å²) in [6.45, 7) is 2.43. The monoisotopic (exact) mass is 416 g/mol. The van der Waals surface area contributed by atoms with Crippen LogP contribution in [0.15, 0.2) is 58.1 Å². The van der Waals surface area contributed by atoms with Gasteiger partial charge in [-0.05, 0) is 36.8 Å². The number of hydrogen-bond acceptors (Lipinski definition) is 5. The first-order chi connectivity index (χ1) is 15.0. The number of nitrogens with one attached hydrogen (secondary N) is 1. The van der Waals surface area contributed by atoms with Crippen LogP contribution in [0.4, 0.5) is 0 Å². The Morgan fingerprint density at radius 1 is 1.00 bits per heavy atom. The van der Waals surface area contributed by atoms with E-state index in [2.05, 4.69) is 15.2 Å². The summed E-state index contributed by atoms with van der Waals surface area (Å²) in [5, 5.41) is 8.75. The molecule has 0 aliphatic heterocycles. The van der Waals surface area contributed by atoms with E-state index in [1.807, 2.05) is 55.5 Å². The highest BCUT2D eigenvalue weighted by molar-refractivity contribution is 5.80. The van der Waals surface area contributed by atoms with Crippen LogP contribution in [0.3, 0.4) is 0 Å². The number of aromatic amines is 1. The Balaban J connectivity index is 1.83. The minimum Gasteiger partial charge on any atom is -0.497 e. The fraction of sp³-hybridized carbons (Fsp3) is 0.182. The SMILES string of the molecule is COc1ccc(-c2nnc3n(Cc4ccc(C)cc4)c4c(=O)[nH]c(=O)n(C)c4n23)cc1. The lowest BCUT2D eigenvalue weighted by molar-refractivity contribution is 0.415. The summed E-state index contributed by atoms with van der Waals surface area (Å²) >= 11 is 0. The molecule has 0 unspecified atom stereocenters. The number of fused-ring (bicyclic) bond motifs is 3. The zero-order valence-corrected chi connectivity index (χ0v) is 17.3. The summed E-state index contributed by atoms with van der Waals surface area (Å²) in [5.41, 5.74) is 2.78. The highest BCUT2D eigenvalue weighted by atomic mass is 16.5. The van der Waals surface area contributed by atoms with Gasteiger partial charge >= 0.3 is 5.69 Å². The van der Waals surface area contributed by atoms with E-state index in [0.29, 0.717) is 29.3 Å². The van der Waals surface area contributed by atoms with Gasteiger partial charge in [-0.2, -0.15) is 0 Å². The van der Waals surface area contributed by atoms with Crippen molar-refractivity contribution in [1.82, 2.24) is 28.7 Å². The number of aromatic nitrogens is 6. The lowest BCUT2D eigenvalue weighted by Crippen LogP contribution is -2.29. The lowest BCUT2D eigenvalue weighted by atomic mass is 10.1. The van der Waals surface area contributed by atoms with Gasteiger partial charge in [0.2, 0.25) is 5.78 Å². The Labute approximate surface area is 176 Å². The van der Waals surface area contributed by atoms with Crippen LogP contribution >= 0.6 is 0 Å². The average Bonchev–Trinajstić information content (AvgIpc) is 3.33. The Kier molecular flexibility index (Phi) is 4.25. The molecule has 31 heavy (non-hydrogen) atoms. The van der Waals surface area contributed by atoms with E-state index >= 15 is 0 Å². The highest BCUT2D eigenvalue weighted by Crippen LogP contribution is 2.26. The number of methoxy groups -OCH3 is 1. The maximum atomic E-state index is 12.8. The van der Waals surface area contributed by atoms with Crippen molar-refractivity contribution >= 4 is 16.9 Å². The van der Waals surface area contributed by atoms with Gasteiger partial charge < -0.3 is 4.74 Å². The molecule has 0 radical (unpaired) electrons. The molecule has 0 saturated carbocycles. The molecule has 0 amide bonds. The van der Waals surface area contributed by atoms with Crippen molar-refractivity contribution in [2.75, 3.05) is 7.11 Å². The minimum atomic E-state index is -0.499. The van der Waals surface area contributed by atoms with E-state index in [4.69, 9.17) is 4.74 Å². The third kappa shape index (κ3) is 2.93. The predicted molar refractivity (Wildman–Crippen MR) is 117 cm³/mol. The molecule has 156 valence electrons. The molecule has 5 aromatic rings. The number of aryl methyl sites for hydroxylation is 2. The molecule has 0 atom stereocenters. The van der Waals surface area contributed by atoms with Crippen LogP contribution in [0.1, 0.15) is 11.1 Å². The number of H-pyrrole nitrogens is 1. The standard InChI is InChI=1S/C22H20N6O3/c1-13-4-6-14(7-5-13)12-27-17-19(29)23-22(30)26(2)20(17)28-18(24-25-21(27)28)15-8-10-16(31-3)11-9-15/h4-11H,12H2,1-3H3,(H,23,29,30). The molecule has 0 saturated heterocycles. The van der Waals surface area contributed by atoms with Gasteiger partial charge in [-0.15, -0.1) is 10.2 Å². The third-order valence-corrected chi connectivity index (χ3v) is 5.45. The first kappa shape index (κ1) is 18.9. The average molecular weight is 416 g/mol. The molecule has 3 heterocycles. The van der Waals surface area contributed by atoms with E-state index in [-0.39, 0.29) is 0 Å². The summed E-state index contributed by atoms with van der Waals surface area (Å²) in [6.07, 6.45) is 0. The predicted octanol–water partition coefficient (Wildman–Crippen LogP) is 2.10. The fourth-order valence-electron chi connectivity index (χ4n) is 3.79.